The number of oxime groups is 1. The highest BCUT2D eigenvalue weighted by molar-refractivity contribution is 7.12. The molecule has 0 bridgehead atoms. The van der Waals surface area contributed by atoms with Gasteiger partial charge in [-0.25, -0.2) is 4.79 Å². The zero-order valence-electron chi connectivity index (χ0n) is 13.6. The van der Waals surface area contributed by atoms with E-state index in [0.717, 1.165) is 10.4 Å². The van der Waals surface area contributed by atoms with Gasteiger partial charge in [0.1, 0.15) is 12.4 Å². The van der Waals surface area contributed by atoms with Gasteiger partial charge in [-0.3, -0.25) is 0 Å². The number of rotatable bonds is 6. The van der Waals surface area contributed by atoms with Crippen LogP contribution in [0, 0.1) is 0 Å². The van der Waals surface area contributed by atoms with Crippen LogP contribution in [0.5, 0.6) is 5.75 Å². The van der Waals surface area contributed by atoms with Gasteiger partial charge in [-0.2, -0.15) is 0 Å². The van der Waals surface area contributed by atoms with Crippen molar-refractivity contribution < 1.29 is 14.4 Å². The van der Waals surface area contributed by atoms with Gasteiger partial charge in [0.25, 0.3) is 0 Å². The summed E-state index contributed by atoms with van der Waals surface area (Å²) in [7, 11) is 0. The minimum absolute atomic E-state index is 0.167. The van der Waals surface area contributed by atoms with Crippen LogP contribution in [0.3, 0.4) is 0 Å². The average Bonchev–Trinajstić information content (AvgIpc) is 3.19. The Bertz CT molecular complexity index is 909. The second kappa shape index (κ2) is 8.51. The van der Waals surface area contributed by atoms with Crippen molar-refractivity contribution in [3.8, 4) is 5.75 Å². The maximum atomic E-state index is 12.0. The fourth-order valence-electron chi connectivity index (χ4n) is 2.07. The molecule has 2 N–H and O–H groups in total. The standard InChI is InChI=1S/C19H15ClN2O3S/c20-15-3-1-4-16(11-15)24-12-13-6-8-14(9-7-13)19(23)25-22-18(21)17-5-2-10-26-17/h1-11H,12H2,(H2,21,22). The summed E-state index contributed by atoms with van der Waals surface area (Å²) in [6.45, 7) is 0.360. The third kappa shape index (κ3) is 4.84. The van der Waals surface area contributed by atoms with Crippen LogP contribution >= 0.6 is 22.9 Å². The summed E-state index contributed by atoms with van der Waals surface area (Å²) < 4.78 is 5.66. The van der Waals surface area contributed by atoms with E-state index in [9.17, 15) is 4.79 Å². The predicted octanol–water partition coefficient (Wildman–Crippen LogP) is 4.46. The van der Waals surface area contributed by atoms with Crippen molar-refractivity contribution in [2.75, 3.05) is 0 Å². The monoisotopic (exact) mass is 386 g/mol. The molecule has 0 aliphatic carbocycles. The van der Waals surface area contributed by atoms with E-state index in [4.69, 9.17) is 26.9 Å². The van der Waals surface area contributed by atoms with Gasteiger partial charge in [0, 0.05) is 5.02 Å². The van der Waals surface area contributed by atoms with E-state index in [0.29, 0.717) is 22.9 Å². The summed E-state index contributed by atoms with van der Waals surface area (Å²) in [6, 6.07) is 17.7. The zero-order valence-corrected chi connectivity index (χ0v) is 15.2. The van der Waals surface area contributed by atoms with E-state index >= 15 is 0 Å². The van der Waals surface area contributed by atoms with Crippen molar-refractivity contribution in [2.24, 2.45) is 10.9 Å². The molecule has 0 saturated heterocycles. The van der Waals surface area contributed by atoms with Crippen LogP contribution in [-0.4, -0.2) is 11.8 Å². The van der Waals surface area contributed by atoms with Gasteiger partial charge in [-0.05, 0) is 47.3 Å². The molecular formula is C19H15ClN2O3S. The van der Waals surface area contributed by atoms with Crippen LogP contribution in [0.4, 0.5) is 0 Å². The summed E-state index contributed by atoms with van der Waals surface area (Å²) in [5.74, 6) is 0.270. The van der Waals surface area contributed by atoms with Crippen LogP contribution < -0.4 is 10.5 Å². The molecular weight excluding hydrogens is 372 g/mol. The Labute approximate surface area is 159 Å². The molecule has 0 spiro atoms. The second-order valence-electron chi connectivity index (χ2n) is 5.28. The maximum absolute atomic E-state index is 12.0. The third-order valence-corrected chi connectivity index (χ3v) is 4.52. The average molecular weight is 387 g/mol. The lowest BCUT2D eigenvalue weighted by atomic mass is 10.1. The first-order valence-electron chi connectivity index (χ1n) is 7.68. The lowest BCUT2D eigenvalue weighted by Gasteiger charge is -2.07. The highest BCUT2D eigenvalue weighted by Crippen LogP contribution is 2.18. The molecule has 1 aromatic heterocycles. The fourth-order valence-corrected chi connectivity index (χ4v) is 2.87. The van der Waals surface area contributed by atoms with Crippen LogP contribution in [0.2, 0.25) is 5.02 Å². The first-order valence-corrected chi connectivity index (χ1v) is 8.93. The van der Waals surface area contributed by atoms with Gasteiger partial charge in [0.2, 0.25) is 0 Å². The molecule has 0 fully saturated rings. The molecule has 3 rings (SSSR count). The van der Waals surface area contributed by atoms with Gasteiger partial charge in [0.15, 0.2) is 5.84 Å². The van der Waals surface area contributed by atoms with Gasteiger partial charge < -0.3 is 15.3 Å². The summed E-state index contributed by atoms with van der Waals surface area (Å²) >= 11 is 7.33. The fraction of sp³-hybridized carbons (Fsp3) is 0.0526. The predicted molar refractivity (Wildman–Crippen MR) is 103 cm³/mol. The SMILES string of the molecule is N/C(=N\OC(=O)c1ccc(COc2cccc(Cl)c2)cc1)c1cccs1. The minimum Gasteiger partial charge on any atom is -0.489 e. The van der Waals surface area contributed by atoms with Gasteiger partial charge in [-0.1, -0.05) is 41.0 Å². The Morgan fingerprint density at radius 3 is 2.62 bits per heavy atom. The first-order chi connectivity index (χ1) is 12.6. The van der Waals surface area contributed by atoms with Gasteiger partial charge in [-0.15, -0.1) is 11.3 Å². The summed E-state index contributed by atoms with van der Waals surface area (Å²) in [4.78, 5) is 17.6. The molecule has 0 amide bonds. The van der Waals surface area contributed by atoms with Crippen LogP contribution in [-0.2, 0) is 11.4 Å². The maximum Gasteiger partial charge on any atom is 0.365 e. The number of halogens is 1. The van der Waals surface area contributed by atoms with Gasteiger partial charge in [0.05, 0.1) is 10.4 Å². The van der Waals surface area contributed by atoms with Crippen molar-refractivity contribution in [2.45, 2.75) is 6.61 Å². The Hall–Kier alpha value is -2.83. The molecule has 1 heterocycles. The minimum atomic E-state index is -0.577. The van der Waals surface area contributed by atoms with Crippen molar-refractivity contribution in [1.29, 1.82) is 0 Å². The van der Waals surface area contributed by atoms with Crippen molar-refractivity contribution in [1.82, 2.24) is 0 Å². The Morgan fingerprint density at radius 1 is 1.12 bits per heavy atom. The highest BCUT2D eigenvalue weighted by Gasteiger charge is 2.09. The largest absolute Gasteiger partial charge is 0.489 e. The van der Waals surface area contributed by atoms with Crippen LogP contribution in [0.25, 0.3) is 0 Å². The first kappa shape index (κ1) is 18.0. The number of hydrogen-bond acceptors (Lipinski definition) is 5. The molecule has 0 aliphatic rings. The van der Waals surface area contributed by atoms with E-state index < -0.39 is 5.97 Å². The Kier molecular flexibility index (Phi) is 5.88. The summed E-state index contributed by atoms with van der Waals surface area (Å²) in [5.41, 5.74) is 7.03. The molecule has 0 aliphatic heterocycles. The van der Waals surface area contributed by atoms with E-state index in [2.05, 4.69) is 5.16 Å². The molecule has 3 aromatic rings. The van der Waals surface area contributed by atoms with Crippen molar-refractivity contribution in [3.63, 3.8) is 0 Å². The number of amidine groups is 1. The molecule has 0 saturated carbocycles. The molecule has 132 valence electrons. The third-order valence-electron chi connectivity index (χ3n) is 3.39. The molecule has 2 aromatic carbocycles. The van der Waals surface area contributed by atoms with E-state index in [-0.39, 0.29) is 5.84 Å². The lowest BCUT2D eigenvalue weighted by Crippen LogP contribution is -2.13. The van der Waals surface area contributed by atoms with Gasteiger partial charge >= 0.3 is 5.97 Å². The molecule has 26 heavy (non-hydrogen) atoms. The second-order valence-corrected chi connectivity index (χ2v) is 6.66. The molecule has 0 unspecified atom stereocenters. The number of carbonyl (C=O) groups is 1. The number of nitrogens with zero attached hydrogens (tertiary/aromatic N) is 1. The molecule has 0 atom stereocenters. The summed E-state index contributed by atoms with van der Waals surface area (Å²) in [6.07, 6.45) is 0. The summed E-state index contributed by atoms with van der Waals surface area (Å²) in [5, 5.41) is 6.15. The quantitative estimate of drug-likeness (QED) is 0.294. The highest BCUT2D eigenvalue weighted by atomic mass is 35.5. The number of carbonyl (C=O) groups excluding carboxylic acids is 1. The van der Waals surface area contributed by atoms with Crippen LogP contribution in [0.1, 0.15) is 20.8 Å². The van der Waals surface area contributed by atoms with E-state index in [1.807, 2.05) is 23.6 Å². The molecule has 0 radical (unpaired) electrons. The van der Waals surface area contributed by atoms with Crippen molar-refractivity contribution in [3.05, 3.63) is 87.1 Å². The Balaban J connectivity index is 1.56. The van der Waals surface area contributed by atoms with Crippen molar-refractivity contribution >= 4 is 34.7 Å². The number of thiophene rings is 1. The molecule has 5 nitrogen and oxygen atoms in total. The lowest BCUT2D eigenvalue weighted by molar-refractivity contribution is 0.0516. The Morgan fingerprint density at radius 2 is 1.92 bits per heavy atom. The molecule has 7 heteroatoms. The number of benzene rings is 2. The number of nitrogens with two attached hydrogens (primary N) is 1. The topological polar surface area (TPSA) is 73.9 Å². The van der Waals surface area contributed by atoms with Crippen LogP contribution in [0.15, 0.2) is 71.2 Å². The van der Waals surface area contributed by atoms with E-state index in [1.165, 1.54) is 11.3 Å². The smallest absolute Gasteiger partial charge is 0.365 e. The zero-order chi connectivity index (χ0) is 18.4. The number of ether oxygens (including phenoxy) is 1. The normalized spacial score (nSPS) is 11.2. The van der Waals surface area contributed by atoms with E-state index in [1.54, 1.807) is 42.5 Å². The number of hydrogen-bond donors (Lipinski definition) is 1.